The van der Waals surface area contributed by atoms with Gasteiger partial charge in [-0.1, -0.05) is 17.7 Å². The minimum Gasteiger partial charge on any atom is -0.328 e. The molecule has 0 bridgehead atoms. The molecule has 0 radical (unpaired) electrons. The molecule has 0 spiro atoms. The molecule has 0 amide bonds. The van der Waals surface area contributed by atoms with E-state index in [1.165, 1.54) is 11.5 Å². The summed E-state index contributed by atoms with van der Waals surface area (Å²) in [5.41, 5.74) is 7.18. The van der Waals surface area contributed by atoms with Gasteiger partial charge in [-0.25, -0.2) is 8.42 Å². The largest absolute Gasteiger partial charge is 0.328 e. The SMILES string of the molecule is CC(N)CC1=CS(=O)(=O)c2cc(Cl)ccc21. The number of hydrogen-bond donors (Lipinski definition) is 1. The molecule has 1 aromatic rings. The Labute approximate surface area is 99.8 Å². The van der Waals surface area contributed by atoms with Gasteiger partial charge in [-0.3, -0.25) is 0 Å². The lowest BCUT2D eigenvalue weighted by Gasteiger charge is -2.07. The topological polar surface area (TPSA) is 60.2 Å². The molecule has 1 aliphatic rings. The zero-order chi connectivity index (χ0) is 11.9. The highest BCUT2D eigenvalue weighted by molar-refractivity contribution is 7.95. The summed E-state index contributed by atoms with van der Waals surface area (Å²) in [5.74, 6) is 0. The van der Waals surface area contributed by atoms with Crippen molar-refractivity contribution in [3.8, 4) is 0 Å². The molecular weight excluding hydrogens is 246 g/mol. The minimum atomic E-state index is -3.32. The Hall–Kier alpha value is -0.840. The van der Waals surface area contributed by atoms with Crippen LogP contribution in [0.3, 0.4) is 0 Å². The maximum atomic E-state index is 11.8. The fourth-order valence-corrected chi connectivity index (χ4v) is 3.57. The fourth-order valence-electron chi connectivity index (χ4n) is 1.82. The molecule has 5 heteroatoms. The zero-order valence-corrected chi connectivity index (χ0v) is 10.3. The van der Waals surface area contributed by atoms with Crippen LogP contribution in [0.4, 0.5) is 0 Å². The Balaban J connectivity index is 2.56. The maximum Gasteiger partial charge on any atom is 0.200 e. The van der Waals surface area contributed by atoms with E-state index < -0.39 is 9.84 Å². The van der Waals surface area contributed by atoms with E-state index in [0.717, 1.165) is 11.1 Å². The monoisotopic (exact) mass is 257 g/mol. The molecule has 1 unspecified atom stereocenters. The van der Waals surface area contributed by atoms with Gasteiger partial charge in [-0.15, -0.1) is 0 Å². The number of sulfone groups is 1. The highest BCUT2D eigenvalue weighted by Crippen LogP contribution is 2.36. The van der Waals surface area contributed by atoms with Gasteiger partial charge >= 0.3 is 0 Å². The summed E-state index contributed by atoms with van der Waals surface area (Å²) < 4.78 is 23.6. The van der Waals surface area contributed by atoms with Crippen LogP contribution in [-0.4, -0.2) is 14.5 Å². The number of rotatable bonds is 2. The van der Waals surface area contributed by atoms with Gasteiger partial charge in [0.15, 0.2) is 0 Å². The summed E-state index contributed by atoms with van der Waals surface area (Å²) in [5, 5.41) is 1.72. The van der Waals surface area contributed by atoms with E-state index in [1.54, 1.807) is 12.1 Å². The summed E-state index contributed by atoms with van der Waals surface area (Å²) in [6.45, 7) is 1.85. The van der Waals surface area contributed by atoms with Gasteiger partial charge in [-0.2, -0.15) is 0 Å². The Kier molecular flexibility index (Phi) is 2.82. The molecule has 0 fully saturated rings. The van der Waals surface area contributed by atoms with Gasteiger partial charge in [0, 0.05) is 16.5 Å². The summed E-state index contributed by atoms with van der Waals surface area (Å²) in [6.07, 6.45) is 0.549. The molecule has 0 aliphatic carbocycles. The summed E-state index contributed by atoms with van der Waals surface area (Å²) in [4.78, 5) is 0.288. The second kappa shape index (κ2) is 3.87. The lowest BCUT2D eigenvalue weighted by molar-refractivity contribution is 0.605. The molecule has 2 N–H and O–H groups in total. The number of halogens is 1. The standard InChI is InChI=1S/C11H12ClNO2S/c1-7(13)4-8-6-16(14,15)11-5-9(12)2-3-10(8)11/h2-3,5-7H,4,13H2,1H3. The van der Waals surface area contributed by atoms with E-state index in [2.05, 4.69) is 0 Å². The Morgan fingerprint density at radius 3 is 2.75 bits per heavy atom. The van der Waals surface area contributed by atoms with E-state index in [-0.39, 0.29) is 10.9 Å². The second-order valence-electron chi connectivity index (χ2n) is 4.01. The Morgan fingerprint density at radius 1 is 1.44 bits per heavy atom. The summed E-state index contributed by atoms with van der Waals surface area (Å²) >= 11 is 5.79. The van der Waals surface area contributed by atoms with Crippen molar-refractivity contribution in [2.45, 2.75) is 24.3 Å². The predicted octanol–water partition coefficient (Wildman–Crippen LogP) is 2.21. The zero-order valence-electron chi connectivity index (χ0n) is 8.77. The first kappa shape index (κ1) is 11.6. The Morgan fingerprint density at radius 2 is 2.12 bits per heavy atom. The maximum absolute atomic E-state index is 11.8. The first-order valence-electron chi connectivity index (χ1n) is 4.91. The van der Waals surface area contributed by atoms with Crippen molar-refractivity contribution < 1.29 is 8.42 Å². The first-order valence-corrected chi connectivity index (χ1v) is 6.84. The molecule has 0 aromatic heterocycles. The van der Waals surface area contributed by atoms with Gasteiger partial charge in [0.2, 0.25) is 9.84 Å². The molecule has 3 nitrogen and oxygen atoms in total. The van der Waals surface area contributed by atoms with Crippen molar-refractivity contribution in [3.05, 3.63) is 34.2 Å². The predicted molar refractivity (Wildman–Crippen MR) is 64.9 cm³/mol. The molecule has 0 saturated heterocycles. The third-order valence-corrected chi connectivity index (χ3v) is 4.22. The highest BCUT2D eigenvalue weighted by Gasteiger charge is 2.27. The van der Waals surface area contributed by atoms with Gasteiger partial charge in [0.25, 0.3) is 0 Å². The van der Waals surface area contributed by atoms with Crippen LogP contribution in [0.5, 0.6) is 0 Å². The first-order chi connectivity index (χ1) is 7.40. The molecule has 1 aromatic carbocycles. The van der Waals surface area contributed by atoms with E-state index in [4.69, 9.17) is 17.3 Å². The lowest BCUT2D eigenvalue weighted by Crippen LogP contribution is -2.14. The number of benzene rings is 1. The second-order valence-corrected chi connectivity index (χ2v) is 6.21. The van der Waals surface area contributed by atoms with Crippen LogP contribution in [0.2, 0.25) is 5.02 Å². The van der Waals surface area contributed by atoms with Crippen molar-refractivity contribution in [1.82, 2.24) is 0 Å². The Bertz CT molecular complexity index is 561. The minimum absolute atomic E-state index is 0.0666. The molecule has 16 heavy (non-hydrogen) atoms. The van der Waals surface area contributed by atoms with Gasteiger partial charge in [0.05, 0.1) is 4.90 Å². The third-order valence-electron chi connectivity index (χ3n) is 2.44. The van der Waals surface area contributed by atoms with Crippen LogP contribution < -0.4 is 5.73 Å². The van der Waals surface area contributed by atoms with Crippen LogP contribution in [0.1, 0.15) is 18.9 Å². The average molecular weight is 258 g/mol. The lowest BCUT2D eigenvalue weighted by atomic mass is 10.0. The van der Waals surface area contributed by atoms with Crippen LogP contribution in [0.15, 0.2) is 28.5 Å². The number of hydrogen-bond acceptors (Lipinski definition) is 3. The van der Waals surface area contributed by atoms with Crippen molar-refractivity contribution in [3.63, 3.8) is 0 Å². The number of fused-ring (bicyclic) bond motifs is 1. The van der Waals surface area contributed by atoms with Gasteiger partial charge < -0.3 is 5.73 Å². The van der Waals surface area contributed by atoms with Crippen molar-refractivity contribution in [2.75, 3.05) is 0 Å². The van der Waals surface area contributed by atoms with Crippen molar-refractivity contribution in [2.24, 2.45) is 5.73 Å². The molecule has 2 rings (SSSR count). The molecule has 1 aliphatic heterocycles. The fraction of sp³-hybridized carbons (Fsp3) is 0.273. The smallest absolute Gasteiger partial charge is 0.200 e. The summed E-state index contributed by atoms with van der Waals surface area (Å²) in [7, 11) is -3.32. The molecule has 0 saturated carbocycles. The van der Waals surface area contributed by atoms with Gasteiger partial charge in [0.1, 0.15) is 0 Å². The van der Waals surface area contributed by atoms with Gasteiger partial charge in [-0.05, 0) is 36.6 Å². The van der Waals surface area contributed by atoms with E-state index in [1.807, 2.05) is 6.92 Å². The normalized spacial score (nSPS) is 19.1. The highest BCUT2D eigenvalue weighted by atomic mass is 35.5. The van der Waals surface area contributed by atoms with Crippen molar-refractivity contribution >= 4 is 27.0 Å². The van der Waals surface area contributed by atoms with E-state index >= 15 is 0 Å². The molecular formula is C11H12ClNO2S. The summed E-state index contributed by atoms with van der Waals surface area (Å²) in [6, 6.07) is 4.84. The number of nitrogens with two attached hydrogens (primary N) is 1. The van der Waals surface area contributed by atoms with Crippen LogP contribution in [0, 0.1) is 0 Å². The quantitative estimate of drug-likeness (QED) is 0.884. The van der Waals surface area contributed by atoms with E-state index in [9.17, 15) is 8.42 Å². The van der Waals surface area contributed by atoms with Crippen LogP contribution >= 0.6 is 11.6 Å². The average Bonchev–Trinajstić information content (AvgIpc) is 2.37. The molecule has 86 valence electrons. The van der Waals surface area contributed by atoms with Crippen molar-refractivity contribution in [1.29, 1.82) is 0 Å². The third kappa shape index (κ3) is 2.00. The molecule has 1 heterocycles. The van der Waals surface area contributed by atoms with E-state index in [0.29, 0.717) is 11.4 Å². The van der Waals surface area contributed by atoms with Crippen LogP contribution in [-0.2, 0) is 9.84 Å². The van der Waals surface area contributed by atoms with Crippen LogP contribution in [0.25, 0.3) is 5.57 Å². The molecule has 1 atom stereocenters.